The molecule has 0 radical (unpaired) electrons. The van der Waals surface area contributed by atoms with Crippen LogP contribution < -0.4 is 10.6 Å². The van der Waals surface area contributed by atoms with Gasteiger partial charge in [0.15, 0.2) is 0 Å². The monoisotopic (exact) mass is 280 g/mol. The van der Waals surface area contributed by atoms with E-state index in [2.05, 4.69) is 26.6 Å². The molecule has 1 aliphatic carbocycles. The van der Waals surface area contributed by atoms with E-state index in [1.807, 2.05) is 18.2 Å². The standard InChI is InChI=1S/C12H13BrN2O/c13-8-3-4-9-11(5-8)14-10(7-1-2-7)6-12(16)15-9/h3-5,7,10,14H,1-2,6H2,(H,15,16). The maximum absolute atomic E-state index is 11.7. The number of rotatable bonds is 1. The van der Waals surface area contributed by atoms with Gasteiger partial charge < -0.3 is 10.6 Å². The zero-order valence-electron chi connectivity index (χ0n) is 8.79. The van der Waals surface area contributed by atoms with Crippen LogP contribution in [0.5, 0.6) is 0 Å². The molecule has 1 saturated carbocycles. The van der Waals surface area contributed by atoms with Crippen molar-refractivity contribution in [2.24, 2.45) is 5.92 Å². The molecule has 1 atom stereocenters. The lowest BCUT2D eigenvalue weighted by molar-refractivity contribution is -0.116. The third-order valence-corrected chi connectivity index (χ3v) is 3.69. The second kappa shape index (κ2) is 3.77. The average Bonchev–Trinajstić information content (AvgIpc) is 3.02. The Morgan fingerprint density at radius 2 is 2.06 bits per heavy atom. The van der Waals surface area contributed by atoms with Crippen molar-refractivity contribution in [3.63, 3.8) is 0 Å². The third-order valence-electron chi connectivity index (χ3n) is 3.19. The van der Waals surface area contributed by atoms with Gasteiger partial charge >= 0.3 is 0 Å². The van der Waals surface area contributed by atoms with Gasteiger partial charge in [0.25, 0.3) is 0 Å². The van der Waals surface area contributed by atoms with Crippen LogP contribution in [0.25, 0.3) is 0 Å². The fourth-order valence-corrected chi connectivity index (χ4v) is 2.54. The Morgan fingerprint density at radius 1 is 1.25 bits per heavy atom. The number of hydrogen-bond acceptors (Lipinski definition) is 2. The van der Waals surface area contributed by atoms with Crippen molar-refractivity contribution >= 4 is 33.2 Å². The van der Waals surface area contributed by atoms with Crippen molar-refractivity contribution in [2.45, 2.75) is 25.3 Å². The van der Waals surface area contributed by atoms with E-state index in [4.69, 9.17) is 0 Å². The van der Waals surface area contributed by atoms with Crippen LogP contribution in [0, 0.1) is 5.92 Å². The number of fused-ring (bicyclic) bond motifs is 1. The number of carbonyl (C=O) groups is 1. The highest BCUT2D eigenvalue weighted by Gasteiger charge is 2.34. The molecular formula is C12H13BrN2O. The maximum Gasteiger partial charge on any atom is 0.226 e. The van der Waals surface area contributed by atoms with Crippen LogP contribution in [0.2, 0.25) is 0 Å². The van der Waals surface area contributed by atoms with Crippen molar-refractivity contribution in [3.05, 3.63) is 22.7 Å². The summed E-state index contributed by atoms with van der Waals surface area (Å²) in [6, 6.07) is 6.20. The molecule has 1 heterocycles. The van der Waals surface area contributed by atoms with Gasteiger partial charge in [0.05, 0.1) is 11.4 Å². The first-order valence-electron chi connectivity index (χ1n) is 5.58. The smallest absolute Gasteiger partial charge is 0.226 e. The van der Waals surface area contributed by atoms with Crippen LogP contribution in [-0.2, 0) is 4.79 Å². The van der Waals surface area contributed by atoms with Gasteiger partial charge in [-0.3, -0.25) is 4.79 Å². The molecule has 3 rings (SSSR count). The third kappa shape index (κ3) is 1.94. The molecule has 0 bridgehead atoms. The lowest BCUT2D eigenvalue weighted by atomic mass is 10.1. The van der Waals surface area contributed by atoms with Gasteiger partial charge in [0.2, 0.25) is 5.91 Å². The van der Waals surface area contributed by atoms with Gasteiger partial charge in [-0.05, 0) is 37.0 Å². The minimum absolute atomic E-state index is 0.116. The number of benzene rings is 1. The summed E-state index contributed by atoms with van der Waals surface area (Å²) in [6.45, 7) is 0. The van der Waals surface area contributed by atoms with Crippen LogP contribution in [-0.4, -0.2) is 11.9 Å². The van der Waals surface area contributed by atoms with E-state index in [0.29, 0.717) is 18.4 Å². The van der Waals surface area contributed by atoms with Gasteiger partial charge in [-0.2, -0.15) is 0 Å². The van der Waals surface area contributed by atoms with Gasteiger partial charge in [0, 0.05) is 16.9 Å². The summed E-state index contributed by atoms with van der Waals surface area (Å²) < 4.78 is 1.03. The zero-order chi connectivity index (χ0) is 11.1. The van der Waals surface area contributed by atoms with E-state index in [1.54, 1.807) is 0 Å². The van der Waals surface area contributed by atoms with Crippen molar-refractivity contribution in [3.8, 4) is 0 Å². The molecule has 0 aromatic heterocycles. The van der Waals surface area contributed by atoms with Crippen molar-refractivity contribution in [1.29, 1.82) is 0 Å². The number of amides is 1. The number of hydrogen-bond donors (Lipinski definition) is 2. The first-order chi connectivity index (χ1) is 7.72. The van der Waals surface area contributed by atoms with E-state index in [1.165, 1.54) is 12.8 Å². The zero-order valence-corrected chi connectivity index (χ0v) is 10.4. The normalized spacial score (nSPS) is 24.1. The topological polar surface area (TPSA) is 41.1 Å². The molecular weight excluding hydrogens is 268 g/mol. The summed E-state index contributed by atoms with van der Waals surface area (Å²) in [5.74, 6) is 0.793. The summed E-state index contributed by atoms with van der Waals surface area (Å²) in [7, 11) is 0. The minimum atomic E-state index is 0.116. The summed E-state index contributed by atoms with van der Waals surface area (Å²) >= 11 is 3.45. The number of nitrogens with one attached hydrogen (secondary N) is 2. The van der Waals surface area contributed by atoms with E-state index >= 15 is 0 Å². The van der Waals surface area contributed by atoms with E-state index in [-0.39, 0.29) is 5.91 Å². The lowest BCUT2D eigenvalue weighted by Crippen LogP contribution is -2.24. The van der Waals surface area contributed by atoms with Crippen molar-refractivity contribution < 1.29 is 4.79 Å². The Kier molecular flexibility index (Phi) is 2.39. The number of halogens is 1. The van der Waals surface area contributed by atoms with Gasteiger partial charge in [-0.15, -0.1) is 0 Å². The SMILES string of the molecule is O=C1CC(C2CC2)Nc2cc(Br)ccc2N1. The number of anilines is 2. The first kappa shape index (κ1) is 10.1. The molecule has 1 aliphatic heterocycles. The maximum atomic E-state index is 11.7. The van der Waals surface area contributed by atoms with Crippen molar-refractivity contribution in [2.75, 3.05) is 10.6 Å². The predicted molar refractivity (Wildman–Crippen MR) is 67.5 cm³/mol. The molecule has 2 N–H and O–H groups in total. The highest BCUT2D eigenvalue weighted by atomic mass is 79.9. The van der Waals surface area contributed by atoms with Crippen molar-refractivity contribution in [1.82, 2.24) is 0 Å². The second-order valence-electron chi connectivity index (χ2n) is 4.53. The number of carbonyl (C=O) groups excluding carboxylic acids is 1. The average molecular weight is 281 g/mol. The lowest BCUT2D eigenvalue weighted by Gasteiger charge is -2.15. The van der Waals surface area contributed by atoms with E-state index in [9.17, 15) is 4.79 Å². The van der Waals surface area contributed by atoms with Gasteiger partial charge in [-0.1, -0.05) is 15.9 Å². The molecule has 1 fully saturated rings. The molecule has 1 unspecified atom stereocenters. The van der Waals surface area contributed by atoms with E-state index in [0.717, 1.165) is 15.8 Å². The van der Waals surface area contributed by atoms with Crippen LogP contribution in [0.4, 0.5) is 11.4 Å². The van der Waals surface area contributed by atoms with E-state index < -0.39 is 0 Å². The summed E-state index contributed by atoms with van der Waals surface area (Å²) in [4.78, 5) is 11.7. The summed E-state index contributed by atoms with van der Waals surface area (Å²) in [6.07, 6.45) is 3.07. The van der Waals surface area contributed by atoms with Crippen LogP contribution in [0.15, 0.2) is 22.7 Å². The Bertz CT molecular complexity index is 443. The molecule has 16 heavy (non-hydrogen) atoms. The Balaban J connectivity index is 1.95. The Hall–Kier alpha value is -1.03. The molecule has 84 valence electrons. The highest BCUT2D eigenvalue weighted by Crippen LogP contribution is 2.39. The van der Waals surface area contributed by atoms with Crippen LogP contribution >= 0.6 is 15.9 Å². The quantitative estimate of drug-likeness (QED) is 0.831. The Morgan fingerprint density at radius 3 is 2.81 bits per heavy atom. The molecule has 0 spiro atoms. The molecule has 1 aromatic carbocycles. The largest absolute Gasteiger partial charge is 0.380 e. The molecule has 4 heteroatoms. The second-order valence-corrected chi connectivity index (χ2v) is 5.45. The molecule has 3 nitrogen and oxygen atoms in total. The van der Waals surface area contributed by atoms with Gasteiger partial charge in [0.1, 0.15) is 0 Å². The summed E-state index contributed by atoms with van der Waals surface area (Å²) in [5, 5.41) is 6.42. The van der Waals surface area contributed by atoms with Crippen LogP contribution in [0.3, 0.4) is 0 Å². The molecule has 1 amide bonds. The molecule has 0 saturated heterocycles. The van der Waals surface area contributed by atoms with Gasteiger partial charge in [-0.25, -0.2) is 0 Å². The fraction of sp³-hybridized carbons (Fsp3) is 0.417. The highest BCUT2D eigenvalue weighted by molar-refractivity contribution is 9.10. The molecule has 2 aliphatic rings. The minimum Gasteiger partial charge on any atom is -0.380 e. The van der Waals surface area contributed by atoms with Crippen LogP contribution in [0.1, 0.15) is 19.3 Å². The fourth-order valence-electron chi connectivity index (χ4n) is 2.18. The Labute approximate surface area is 103 Å². The predicted octanol–water partition coefficient (Wildman–Crippen LogP) is 2.98. The molecule has 1 aromatic rings. The first-order valence-corrected chi connectivity index (χ1v) is 6.37. The summed E-state index contributed by atoms with van der Waals surface area (Å²) in [5.41, 5.74) is 1.91.